The number of aliphatic hydroxyl groups is 1. The van der Waals surface area contributed by atoms with Crippen molar-refractivity contribution in [1.29, 1.82) is 0 Å². The molecule has 1 heterocycles. The quantitative estimate of drug-likeness (QED) is 0.774. The molecule has 1 saturated heterocycles. The van der Waals surface area contributed by atoms with Crippen LogP contribution >= 0.6 is 0 Å². The van der Waals surface area contributed by atoms with Crippen molar-refractivity contribution in [2.45, 2.75) is 45.8 Å². The van der Waals surface area contributed by atoms with Crippen LogP contribution in [0.4, 0.5) is 4.79 Å². The number of ether oxygens (including phenoxy) is 1. The van der Waals surface area contributed by atoms with Crippen LogP contribution in [0, 0.1) is 5.41 Å². The Bertz CT molecular complexity index is 287. The van der Waals surface area contributed by atoms with Crippen molar-refractivity contribution in [2.75, 3.05) is 19.8 Å². The molecule has 0 aromatic heterocycles. The number of carbonyl (C=O) groups is 1. The van der Waals surface area contributed by atoms with Gasteiger partial charge in [0.25, 0.3) is 0 Å². The fourth-order valence-electron chi connectivity index (χ4n) is 2.14. The maximum absolute atomic E-state index is 11.2. The molecule has 1 rings (SSSR count). The second-order valence-electron chi connectivity index (χ2n) is 5.69. The van der Waals surface area contributed by atoms with E-state index in [1.54, 1.807) is 0 Å². The molecule has 2 N–H and O–H groups in total. The van der Waals surface area contributed by atoms with Crippen molar-refractivity contribution >= 4 is 6.09 Å². The molecule has 5 heteroatoms. The third-order valence-corrected chi connectivity index (χ3v) is 3.76. The zero-order valence-electron chi connectivity index (χ0n) is 11.1. The highest BCUT2D eigenvalue weighted by atomic mass is 16.5. The molecule has 0 spiro atoms. The summed E-state index contributed by atoms with van der Waals surface area (Å²) in [7, 11) is 0. The Labute approximate surface area is 102 Å². The number of carboxylic acid groups (broad SMARTS) is 1. The van der Waals surface area contributed by atoms with E-state index < -0.39 is 11.7 Å². The Morgan fingerprint density at radius 2 is 2.12 bits per heavy atom. The molecule has 1 aliphatic rings. The van der Waals surface area contributed by atoms with Gasteiger partial charge in [0.2, 0.25) is 0 Å². The van der Waals surface area contributed by atoms with Crippen molar-refractivity contribution in [2.24, 2.45) is 5.41 Å². The van der Waals surface area contributed by atoms with Gasteiger partial charge in [-0.25, -0.2) is 4.79 Å². The van der Waals surface area contributed by atoms with Crippen LogP contribution in [0.3, 0.4) is 0 Å². The third-order valence-electron chi connectivity index (χ3n) is 3.76. The van der Waals surface area contributed by atoms with Crippen LogP contribution in [-0.2, 0) is 4.74 Å². The second kappa shape index (κ2) is 4.82. The van der Waals surface area contributed by atoms with E-state index in [1.165, 1.54) is 4.90 Å². The molecule has 0 unspecified atom stereocenters. The summed E-state index contributed by atoms with van der Waals surface area (Å²) in [6.45, 7) is 8.20. The highest BCUT2D eigenvalue weighted by Crippen LogP contribution is 2.37. The van der Waals surface area contributed by atoms with Gasteiger partial charge in [-0.15, -0.1) is 0 Å². The zero-order valence-corrected chi connectivity index (χ0v) is 11.1. The lowest BCUT2D eigenvalue weighted by atomic mass is 9.75. The Kier molecular flexibility index (Phi) is 4.04. The lowest BCUT2D eigenvalue weighted by Crippen LogP contribution is -2.64. The Balaban J connectivity index is 2.97. The molecule has 0 aliphatic carbocycles. The molecule has 2 atom stereocenters. The van der Waals surface area contributed by atoms with Crippen molar-refractivity contribution in [1.82, 2.24) is 4.90 Å². The van der Waals surface area contributed by atoms with E-state index in [9.17, 15) is 15.0 Å². The van der Waals surface area contributed by atoms with E-state index in [0.29, 0.717) is 6.61 Å². The number of nitrogens with zero attached hydrogens (tertiary/aromatic N) is 1. The first kappa shape index (κ1) is 14.3. The van der Waals surface area contributed by atoms with Crippen molar-refractivity contribution < 1.29 is 19.7 Å². The minimum Gasteiger partial charge on any atom is -0.465 e. The minimum absolute atomic E-state index is 0.116. The summed E-state index contributed by atoms with van der Waals surface area (Å²) in [5.74, 6) is 0. The molecule has 0 radical (unpaired) electrons. The van der Waals surface area contributed by atoms with Crippen LogP contribution in [0.25, 0.3) is 0 Å². The number of amides is 1. The van der Waals surface area contributed by atoms with Gasteiger partial charge in [0, 0.05) is 0 Å². The smallest absolute Gasteiger partial charge is 0.407 e. The van der Waals surface area contributed by atoms with E-state index in [-0.39, 0.29) is 24.6 Å². The van der Waals surface area contributed by atoms with Gasteiger partial charge in [-0.05, 0) is 11.8 Å². The van der Waals surface area contributed by atoms with Crippen LogP contribution in [0.1, 0.15) is 34.1 Å². The van der Waals surface area contributed by atoms with Gasteiger partial charge in [-0.1, -0.05) is 27.7 Å². The standard InChI is InChI=1S/C12H23NO4/c1-5-9-6-17-12(8-14,11(2,3)4)7-13(9)10(15)16/h9,14H,5-8H2,1-4H3,(H,15,16)/t9-,12+/m1/s1. The summed E-state index contributed by atoms with van der Waals surface area (Å²) in [6.07, 6.45) is -0.222. The van der Waals surface area contributed by atoms with E-state index in [0.717, 1.165) is 6.42 Å². The molecule has 5 nitrogen and oxygen atoms in total. The fraction of sp³-hybridized carbons (Fsp3) is 0.917. The minimum atomic E-state index is -0.942. The van der Waals surface area contributed by atoms with Gasteiger partial charge in [-0.2, -0.15) is 0 Å². The normalized spacial score (nSPS) is 30.4. The van der Waals surface area contributed by atoms with E-state index >= 15 is 0 Å². The first-order chi connectivity index (χ1) is 7.77. The van der Waals surface area contributed by atoms with Crippen LogP contribution in [0.15, 0.2) is 0 Å². The Hall–Kier alpha value is -0.810. The highest BCUT2D eigenvalue weighted by molar-refractivity contribution is 5.65. The zero-order chi connectivity index (χ0) is 13.3. The topological polar surface area (TPSA) is 70.0 Å². The van der Waals surface area contributed by atoms with Gasteiger partial charge in [-0.3, -0.25) is 0 Å². The number of aliphatic hydroxyl groups excluding tert-OH is 1. The van der Waals surface area contributed by atoms with Gasteiger partial charge < -0.3 is 19.8 Å². The van der Waals surface area contributed by atoms with E-state index in [4.69, 9.17) is 4.74 Å². The highest BCUT2D eigenvalue weighted by Gasteiger charge is 2.49. The van der Waals surface area contributed by atoms with Crippen molar-refractivity contribution in [3.8, 4) is 0 Å². The number of rotatable bonds is 2. The Morgan fingerprint density at radius 1 is 1.53 bits per heavy atom. The largest absolute Gasteiger partial charge is 0.465 e. The predicted molar refractivity (Wildman–Crippen MR) is 64.0 cm³/mol. The first-order valence-electron chi connectivity index (χ1n) is 6.02. The predicted octanol–water partition coefficient (Wildman–Crippen LogP) is 1.55. The maximum atomic E-state index is 11.2. The molecule has 0 aromatic carbocycles. The first-order valence-corrected chi connectivity index (χ1v) is 6.02. The molecule has 100 valence electrons. The summed E-state index contributed by atoms with van der Waals surface area (Å²) in [6, 6.07) is -0.116. The molecule has 0 saturated carbocycles. The summed E-state index contributed by atoms with van der Waals surface area (Å²) >= 11 is 0. The summed E-state index contributed by atoms with van der Waals surface area (Å²) < 4.78 is 5.81. The van der Waals surface area contributed by atoms with Gasteiger partial charge >= 0.3 is 6.09 Å². The van der Waals surface area contributed by atoms with Crippen LogP contribution in [0.5, 0.6) is 0 Å². The van der Waals surface area contributed by atoms with Crippen LogP contribution in [-0.4, -0.2) is 52.6 Å². The number of morpholine rings is 1. The van der Waals surface area contributed by atoms with Gasteiger partial charge in [0.05, 0.1) is 25.8 Å². The number of hydrogen-bond donors (Lipinski definition) is 2. The molecule has 0 aromatic rings. The second-order valence-corrected chi connectivity index (χ2v) is 5.69. The summed E-state index contributed by atoms with van der Waals surface area (Å²) in [4.78, 5) is 12.6. The van der Waals surface area contributed by atoms with E-state index in [1.807, 2.05) is 27.7 Å². The number of hydrogen-bond acceptors (Lipinski definition) is 3. The van der Waals surface area contributed by atoms with Gasteiger partial charge in [0.1, 0.15) is 5.60 Å². The molecule has 17 heavy (non-hydrogen) atoms. The average Bonchev–Trinajstić information content (AvgIpc) is 2.26. The van der Waals surface area contributed by atoms with E-state index in [2.05, 4.69) is 0 Å². The van der Waals surface area contributed by atoms with Crippen LogP contribution in [0.2, 0.25) is 0 Å². The molecular formula is C12H23NO4. The molecule has 0 bridgehead atoms. The van der Waals surface area contributed by atoms with Crippen molar-refractivity contribution in [3.05, 3.63) is 0 Å². The van der Waals surface area contributed by atoms with Crippen LogP contribution < -0.4 is 0 Å². The third kappa shape index (κ3) is 2.55. The summed E-state index contributed by atoms with van der Waals surface area (Å²) in [5, 5.41) is 18.8. The lowest BCUT2D eigenvalue weighted by Gasteiger charge is -2.51. The maximum Gasteiger partial charge on any atom is 0.407 e. The van der Waals surface area contributed by atoms with Crippen molar-refractivity contribution in [3.63, 3.8) is 0 Å². The summed E-state index contributed by atoms with van der Waals surface area (Å²) in [5.41, 5.74) is -1.12. The lowest BCUT2D eigenvalue weighted by molar-refractivity contribution is -0.194. The molecular weight excluding hydrogens is 222 g/mol. The molecule has 1 amide bonds. The monoisotopic (exact) mass is 245 g/mol. The molecule has 1 aliphatic heterocycles. The SMILES string of the molecule is CC[C@@H]1CO[C@@](CO)(C(C)(C)C)CN1C(=O)O. The average molecular weight is 245 g/mol. The molecule has 1 fully saturated rings. The fourth-order valence-corrected chi connectivity index (χ4v) is 2.14. The van der Waals surface area contributed by atoms with Gasteiger partial charge in [0.15, 0.2) is 0 Å². The Morgan fingerprint density at radius 3 is 2.47 bits per heavy atom.